The zero-order valence-electron chi connectivity index (χ0n) is 11.0. The number of carbonyl (C=O) groups excluding carboxylic acids is 1. The molecule has 0 amide bonds. The van der Waals surface area contributed by atoms with Gasteiger partial charge in [-0.3, -0.25) is 4.79 Å². The number of benzene rings is 1. The first-order chi connectivity index (χ1) is 8.49. The van der Waals surface area contributed by atoms with Crippen molar-refractivity contribution in [1.29, 1.82) is 0 Å². The van der Waals surface area contributed by atoms with Crippen LogP contribution in [0, 0.1) is 5.92 Å². The van der Waals surface area contributed by atoms with Gasteiger partial charge in [-0.1, -0.05) is 13.8 Å². The van der Waals surface area contributed by atoms with Gasteiger partial charge >= 0.3 is 5.97 Å². The minimum Gasteiger partial charge on any atom is -0.502 e. The summed E-state index contributed by atoms with van der Waals surface area (Å²) >= 11 is 0. The minimum atomic E-state index is -0.277. The normalized spacial score (nSPS) is 10.3. The molecule has 0 aliphatic heterocycles. The van der Waals surface area contributed by atoms with E-state index in [-0.39, 0.29) is 35.7 Å². The summed E-state index contributed by atoms with van der Waals surface area (Å²) in [6.07, 6.45) is 0. The molecular weight excluding hydrogens is 236 g/mol. The van der Waals surface area contributed by atoms with Crippen molar-refractivity contribution < 1.29 is 24.1 Å². The lowest BCUT2D eigenvalue weighted by atomic mass is 10.2. The summed E-state index contributed by atoms with van der Waals surface area (Å²) in [7, 11) is 2.89. The van der Waals surface area contributed by atoms with Crippen LogP contribution in [0.15, 0.2) is 12.1 Å². The van der Waals surface area contributed by atoms with E-state index in [1.54, 1.807) is 26.0 Å². The highest BCUT2D eigenvalue weighted by Crippen LogP contribution is 2.37. The van der Waals surface area contributed by atoms with Crippen molar-refractivity contribution in [3.63, 3.8) is 0 Å². The molecule has 0 saturated heterocycles. The molecule has 0 aromatic heterocycles. The Kier molecular flexibility index (Phi) is 4.83. The van der Waals surface area contributed by atoms with Crippen molar-refractivity contribution in [1.82, 2.24) is 0 Å². The van der Waals surface area contributed by atoms with Crippen LogP contribution in [0.25, 0.3) is 0 Å². The highest BCUT2D eigenvalue weighted by Gasteiger charge is 2.13. The average molecular weight is 254 g/mol. The number of phenols is 1. The molecule has 1 aromatic carbocycles. The number of rotatable bonds is 5. The second-order valence-corrected chi connectivity index (χ2v) is 4.11. The van der Waals surface area contributed by atoms with E-state index in [0.29, 0.717) is 5.56 Å². The highest BCUT2D eigenvalue weighted by atomic mass is 16.5. The molecule has 5 heteroatoms. The fourth-order valence-corrected chi connectivity index (χ4v) is 1.35. The minimum absolute atomic E-state index is 0.0704. The van der Waals surface area contributed by atoms with Gasteiger partial charge in [0.25, 0.3) is 0 Å². The molecule has 0 aliphatic rings. The van der Waals surface area contributed by atoms with Gasteiger partial charge in [-0.2, -0.15) is 0 Å². The van der Waals surface area contributed by atoms with Gasteiger partial charge in [-0.25, -0.2) is 0 Å². The van der Waals surface area contributed by atoms with Crippen LogP contribution >= 0.6 is 0 Å². The van der Waals surface area contributed by atoms with Gasteiger partial charge in [0.1, 0.15) is 6.61 Å². The zero-order chi connectivity index (χ0) is 13.7. The Balaban J connectivity index is 2.86. The third-order valence-electron chi connectivity index (χ3n) is 2.39. The summed E-state index contributed by atoms with van der Waals surface area (Å²) in [5.74, 6) is 0.0424. The summed E-state index contributed by atoms with van der Waals surface area (Å²) in [6.45, 7) is 3.64. The van der Waals surface area contributed by atoms with Crippen molar-refractivity contribution >= 4 is 5.97 Å². The molecule has 100 valence electrons. The summed E-state index contributed by atoms with van der Waals surface area (Å²) in [4.78, 5) is 11.4. The van der Waals surface area contributed by atoms with Crippen molar-refractivity contribution in [2.24, 2.45) is 5.92 Å². The van der Waals surface area contributed by atoms with Gasteiger partial charge in [0.2, 0.25) is 5.75 Å². The van der Waals surface area contributed by atoms with E-state index in [4.69, 9.17) is 14.2 Å². The molecule has 1 N–H and O–H groups in total. The zero-order valence-corrected chi connectivity index (χ0v) is 11.0. The first-order valence-corrected chi connectivity index (χ1v) is 5.60. The first-order valence-electron chi connectivity index (χ1n) is 5.60. The molecule has 1 rings (SSSR count). The Hall–Kier alpha value is -1.91. The smallest absolute Gasteiger partial charge is 0.308 e. The third kappa shape index (κ3) is 3.29. The standard InChI is InChI=1S/C13H18O5/c1-8(2)13(15)18-7-9-5-10(16-3)12(14)11(6-9)17-4/h5-6,8,14H,7H2,1-4H3. The molecule has 0 saturated carbocycles. The molecule has 0 heterocycles. The maximum absolute atomic E-state index is 11.4. The predicted molar refractivity (Wildman–Crippen MR) is 65.8 cm³/mol. The third-order valence-corrected chi connectivity index (χ3v) is 2.39. The van der Waals surface area contributed by atoms with E-state index in [9.17, 15) is 9.90 Å². The fourth-order valence-electron chi connectivity index (χ4n) is 1.35. The molecule has 0 spiro atoms. The van der Waals surface area contributed by atoms with E-state index in [0.717, 1.165) is 0 Å². The van der Waals surface area contributed by atoms with E-state index < -0.39 is 0 Å². The van der Waals surface area contributed by atoms with Crippen molar-refractivity contribution in [2.45, 2.75) is 20.5 Å². The Morgan fingerprint density at radius 1 is 1.22 bits per heavy atom. The first kappa shape index (κ1) is 14.2. The van der Waals surface area contributed by atoms with Crippen LogP contribution in [0.1, 0.15) is 19.4 Å². The number of esters is 1. The second kappa shape index (κ2) is 6.14. The maximum atomic E-state index is 11.4. The topological polar surface area (TPSA) is 65.0 Å². The van der Waals surface area contributed by atoms with Gasteiger partial charge in [-0.15, -0.1) is 0 Å². The monoisotopic (exact) mass is 254 g/mol. The molecule has 5 nitrogen and oxygen atoms in total. The number of phenolic OH excluding ortho intramolecular Hbond substituents is 1. The summed E-state index contributed by atoms with van der Waals surface area (Å²) in [6, 6.07) is 3.21. The summed E-state index contributed by atoms with van der Waals surface area (Å²) in [5.41, 5.74) is 0.690. The molecule has 18 heavy (non-hydrogen) atoms. The van der Waals surface area contributed by atoms with Gasteiger partial charge in [-0.05, 0) is 17.7 Å². The average Bonchev–Trinajstić information content (AvgIpc) is 2.36. The summed E-state index contributed by atoms with van der Waals surface area (Å²) < 4.78 is 15.1. The molecule has 0 bridgehead atoms. The number of aromatic hydroxyl groups is 1. The summed E-state index contributed by atoms with van der Waals surface area (Å²) in [5, 5.41) is 9.72. The molecule has 0 fully saturated rings. The van der Waals surface area contributed by atoms with E-state index in [1.165, 1.54) is 14.2 Å². The maximum Gasteiger partial charge on any atom is 0.308 e. The van der Waals surface area contributed by atoms with Crippen LogP contribution in [-0.4, -0.2) is 25.3 Å². The van der Waals surface area contributed by atoms with Gasteiger partial charge in [0.05, 0.1) is 20.1 Å². The lowest BCUT2D eigenvalue weighted by molar-refractivity contribution is -0.148. The largest absolute Gasteiger partial charge is 0.502 e. The number of hydrogen-bond acceptors (Lipinski definition) is 5. The molecule has 0 unspecified atom stereocenters. The van der Waals surface area contributed by atoms with E-state index in [2.05, 4.69) is 0 Å². The fraction of sp³-hybridized carbons (Fsp3) is 0.462. The second-order valence-electron chi connectivity index (χ2n) is 4.11. The molecule has 0 aliphatic carbocycles. The molecular formula is C13H18O5. The SMILES string of the molecule is COc1cc(COC(=O)C(C)C)cc(OC)c1O. The van der Waals surface area contributed by atoms with Crippen LogP contribution in [0.4, 0.5) is 0 Å². The van der Waals surface area contributed by atoms with Crippen LogP contribution in [0.3, 0.4) is 0 Å². The Morgan fingerprint density at radius 3 is 2.11 bits per heavy atom. The Bertz CT molecular complexity index is 400. The molecule has 1 aromatic rings. The van der Waals surface area contributed by atoms with Crippen molar-refractivity contribution in [2.75, 3.05) is 14.2 Å². The molecule has 0 radical (unpaired) electrons. The van der Waals surface area contributed by atoms with Crippen molar-refractivity contribution in [3.8, 4) is 17.2 Å². The number of ether oxygens (including phenoxy) is 3. The van der Waals surface area contributed by atoms with Crippen LogP contribution in [0.5, 0.6) is 17.2 Å². The van der Waals surface area contributed by atoms with Crippen molar-refractivity contribution in [3.05, 3.63) is 17.7 Å². The van der Waals surface area contributed by atoms with Gasteiger partial charge in [0, 0.05) is 0 Å². The van der Waals surface area contributed by atoms with Crippen LogP contribution in [-0.2, 0) is 16.1 Å². The lowest BCUT2D eigenvalue weighted by Gasteiger charge is -2.12. The number of hydrogen-bond donors (Lipinski definition) is 1. The quantitative estimate of drug-likeness (QED) is 0.815. The number of methoxy groups -OCH3 is 2. The van der Waals surface area contributed by atoms with E-state index >= 15 is 0 Å². The Morgan fingerprint density at radius 2 is 1.72 bits per heavy atom. The number of carbonyl (C=O) groups is 1. The van der Waals surface area contributed by atoms with Gasteiger partial charge in [0.15, 0.2) is 11.5 Å². The lowest BCUT2D eigenvalue weighted by Crippen LogP contribution is -2.11. The van der Waals surface area contributed by atoms with E-state index in [1.807, 2.05) is 0 Å². The predicted octanol–water partition coefficient (Wildman–Crippen LogP) is 2.11. The highest BCUT2D eigenvalue weighted by molar-refractivity contribution is 5.71. The van der Waals surface area contributed by atoms with Gasteiger partial charge < -0.3 is 19.3 Å². The van der Waals surface area contributed by atoms with Crippen LogP contribution in [0.2, 0.25) is 0 Å². The van der Waals surface area contributed by atoms with Crippen LogP contribution < -0.4 is 9.47 Å². The molecule has 0 atom stereocenters. The Labute approximate surface area is 106 Å².